The Morgan fingerprint density at radius 3 is 1.03 bits per heavy atom. The molecule has 0 heterocycles. The van der Waals surface area contributed by atoms with Crippen LogP contribution in [0.3, 0.4) is 0 Å². The Bertz CT molecular complexity index is 4780. The zero-order valence-corrected chi connectivity index (χ0v) is 91.4. The second-order valence-corrected chi connectivity index (χ2v) is 47.0. The van der Waals surface area contributed by atoms with E-state index in [0.29, 0.717) is 79.7 Å². The number of hydrogen-bond donors (Lipinski definition) is 0. The maximum absolute atomic E-state index is 12.0. The van der Waals surface area contributed by atoms with Crippen LogP contribution >= 0.6 is 0 Å². The highest BCUT2D eigenvalue weighted by Gasteiger charge is 2.61. The Morgan fingerprint density at radius 2 is 0.660 bits per heavy atom. The number of hydrogen-bond acceptors (Lipinski definition) is 18. The summed E-state index contributed by atoms with van der Waals surface area (Å²) in [6.07, 6.45) is 42.5. The van der Waals surface area contributed by atoms with Crippen molar-refractivity contribution < 1.29 is 85.8 Å². The van der Waals surface area contributed by atoms with Crippen molar-refractivity contribution in [3.63, 3.8) is 0 Å². The molecule has 0 amide bonds. The van der Waals surface area contributed by atoms with Crippen molar-refractivity contribution in [3.05, 3.63) is 193 Å². The Morgan fingerprint density at radius 1 is 0.326 bits per heavy atom. The number of rotatable bonds is 24. The van der Waals surface area contributed by atoms with Crippen molar-refractivity contribution in [1.29, 1.82) is 0 Å². The number of carbonyl (C=O) groups is 9. The molecule has 15 aliphatic rings. The summed E-state index contributed by atoms with van der Waals surface area (Å²) in [7, 11) is 0. The van der Waals surface area contributed by atoms with Crippen LogP contribution in [0.4, 0.5) is 0 Å². The average Bonchev–Trinajstić information content (AvgIpc) is 0.891. The van der Waals surface area contributed by atoms with Crippen LogP contribution in [0.15, 0.2) is 182 Å². The fraction of sp³-hybridized carbons (Fsp3) is 0.650. The summed E-state index contributed by atoms with van der Waals surface area (Å²) in [5.41, 5.74) is 3.73. The first-order chi connectivity index (χ1) is 65.8. The minimum Gasteiger partial charge on any atom is -0.459 e. The summed E-state index contributed by atoms with van der Waals surface area (Å²) >= 11 is 0. The van der Waals surface area contributed by atoms with E-state index in [1.54, 1.807) is 62.3 Å². The van der Waals surface area contributed by atoms with Gasteiger partial charge in [-0.25, -0.2) is 43.2 Å². The fourth-order valence-corrected chi connectivity index (χ4v) is 24.7. The van der Waals surface area contributed by atoms with E-state index in [0.717, 1.165) is 116 Å². The van der Waals surface area contributed by atoms with E-state index in [1.165, 1.54) is 172 Å². The number of benzene rings is 3. The van der Waals surface area contributed by atoms with Gasteiger partial charge in [0.05, 0.1) is 0 Å². The summed E-state index contributed by atoms with van der Waals surface area (Å²) in [5, 5.41) is 2.31. The topological polar surface area (TPSA) is 237 Å². The second kappa shape index (κ2) is 52.0. The van der Waals surface area contributed by atoms with Gasteiger partial charge < -0.3 is 42.6 Å². The predicted molar refractivity (Wildman–Crippen MR) is 567 cm³/mol. The van der Waals surface area contributed by atoms with Gasteiger partial charge >= 0.3 is 53.7 Å². The monoisotopic (exact) mass is 1950 g/mol. The third-order valence-electron chi connectivity index (χ3n) is 32.5. The molecule has 18 heteroatoms. The number of carbonyl (C=O) groups excluding carboxylic acids is 9. The lowest BCUT2D eigenvalue weighted by molar-refractivity contribution is -0.207. The molecule has 2 atom stereocenters. The molecule has 15 fully saturated rings. The normalized spacial score (nSPS) is 27.1. The number of esters is 9. The van der Waals surface area contributed by atoms with Crippen molar-refractivity contribution in [2.75, 3.05) is 0 Å². The molecule has 18 rings (SSSR count). The molecule has 0 spiro atoms. The van der Waals surface area contributed by atoms with Gasteiger partial charge in [0, 0.05) is 55.6 Å². The SMILES string of the molecule is C=C(C)C(=O)OC(C)(C)C.C=C(C)C(=O)OC(C)(C)C12CC3CC(CC(C3)C1)C2.C=C(C)C(=O)OC(C)(C)c1ccc2ccccc2c1.C=C(C)C(=O)OC(C)(C)c1ccccc1.C=C(C)C(=O)OC1(C)C2CC3CC(C2)CC1C3.C=C(C)C(=O)OC1(CC)C2CC3CC(C2)CC1C3.C=C(C)C(=O)OC1(CC)CCCCC1.C=C(C)C(=O)OC1(CC)CCCCCCC1.C=C(C)C(=O)OC1CCCC1CC. The Balaban J connectivity index is 0.000000217. The van der Waals surface area contributed by atoms with Gasteiger partial charge in [0.15, 0.2) is 0 Å². The van der Waals surface area contributed by atoms with Crippen LogP contribution in [0.5, 0.6) is 0 Å². The molecule has 12 bridgehead atoms. The Hall–Kier alpha value is -9.19. The van der Waals surface area contributed by atoms with Gasteiger partial charge in [0.25, 0.3) is 0 Å². The fourth-order valence-electron chi connectivity index (χ4n) is 24.7. The van der Waals surface area contributed by atoms with Gasteiger partial charge in [0.1, 0.15) is 50.9 Å². The molecule has 3 aromatic rings. The molecule has 18 nitrogen and oxygen atoms in total. The molecule has 0 N–H and O–H groups in total. The van der Waals surface area contributed by atoms with E-state index in [2.05, 4.69) is 126 Å². The quantitative estimate of drug-likeness (QED) is 0.0460. The van der Waals surface area contributed by atoms with Gasteiger partial charge in [-0.1, -0.05) is 179 Å². The van der Waals surface area contributed by atoms with Crippen molar-refractivity contribution in [3.8, 4) is 0 Å². The molecule has 2 unspecified atom stereocenters. The lowest BCUT2D eigenvalue weighted by atomic mass is 9.46. The molecule has 15 aliphatic carbocycles. The Kier molecular flexibility index (Phi) is 43.8. The van der Waals surface area contributed by atoms with Crippen LogP contribution in [-0.2, 0) is 97.0 Å². The number of fused-ring (bicyclic) bond motifs is 1. The highest BCUT2D eigenvalue weighted by atomic mass is 16.6. The van der Waals surface area contributed by atoms with Gasteiger partial charge in [0.2, 0.25) is 0 Å². The summed E-state index contributed by atoms with van der Waals surface area (Å²) in [4.78, 5) is 104. The minimum absolute atomic E-state index is 0.147. The lowest BCUT2D eigenvalue weighted by Crippen LogP contribution is -2.59. The molecule has 3 aromatic carbocycles. The molecule has 141 heavy (non-hydrogen) atoms. The molecular weight excluding hydrogens is 1770 g/mol. The van der Waals surface area contributed by atoms with Gasteiger partial charge in [-0.3, -0.25) is 0 Å². The molecule has 0 aromatic heterocycles. The molecule has 15 saturated carbocycles. The van der Waals surface area contributed by atoms with Crippen LogP contribution < -0.4 is 0 Å². The highest BCUT2D eigenvalue weighted by molar-refractivity contribution is 5.91. The van der Waals surface area contributed by atoms with E-state index in [9.17, 15) is 43.2 Å². The van der Waals surface area contributed by atoms with Crippen molar-refractivity contribution in [2.45, 2.75) is 435 Å². The molecule has 0 radical (unpaired) electrons. The zero-order chi connectivity index (χ0) is 105. The van der Waals surface area contributed by atoms with Crippen molar-refractivity contribution in [1.82, 2.24) is 0 Å². The summed E-state index contributed by atoms with van der Waals surface area (Å²) in [6, 6.07) is 23.9. The van der Waals surface area contributed by atoms with Gasteiger partial charge in [-0.05, 0) is 430 Å². The molecule has 782 valence electrons. The van der Waals surface area contributed by atoms with E-state index >= 15 is 0 Å². The molecule has 0 saturated heterocycles. The van der Waals surface area contributed by atoms with Gasteiger partial charge in [-0.15, -0.1) is 0 Å². The van der Waals surface area contributed by atoms with Crippen LogP contribution in [0.1, 0.15) is 395 Å². The maximum atomic E-state index is 12.0. The summed E-state index contributed by atoms with van der Waals surface area (Å²) in [6.45, 7) is 75.8. The third-order valence-corrected chi connectivity index (χ3v) is 32.5. The van der Waals surface area contributed by atoms with E-state index in [1.807, 2.05) is 103 Å². The largest absolute Gasteiger partial charge is 0.459 e. The molecular formula is C123H182O18. The van der Waals surface area contributed by atoms with Crippen LogP contribution in [-0.4, -0.2) is 93.4 Å². The average molecular weight is 1950 g/mol. The summed E-state index contributed by atoms with van der Waals surface area (Å²) < 4.78 is 50.0. The minimum atomic E-state index is -0.667. The first kappa shape index (κ1) is 119. The highest BCUT2D eigenvalue weighted by Crippen LogP contribution is 2.66. The predicted octanol–water partition coefficient (Wildman–Crippen LogP) is 30.2. The smallest absolute Gasteiger partial charge is 0.333 e. The maximum Gasteiger partial charge on any atom is 0.333 e. The first-order valence-electron chi connectivity index (χ1n) is 53.4. The van der Waals surface area contributed by atoms with Crippen LogP contribution in [0.2, 0.25) is 0 Å². The second-order valence-electron chi connectivity index (χ2n) is 47.0. The Labute approximate surface area is 849 Å². The zero-order valence-electron chi connectivity index (χ0n) is 91.4. The molecule has 0 aliphatic heterocycles. The van der Waals surface area contributed by atoms with E-state index in [4.69, 9.17) is 42.6 Å². The van der Waals surface area contributed by atoms with Crippen molar-refractivity contribution in [2.24, 2.45) is 76.4 Å². The number of ether oxygens (including phenoxy) is 9. The van der Waals surface area contributed by atoms with E-state index in [-0.39, 0.29) is 93.2 Å². The van der Waals surface area contributed by atoms with Crippen LogP contribution in [0.25, 0.3) is 10.8 Å². The third kappa shape index (κ3) is 33.7. The standard InChI is InChI=1S/C17H26O2.C17H18O2.C16H24O2.C15H22O2.C14H24O2.C13H16O2.C12H20O2.C11H18O2.C8H14O2/c1-11(2)15(18)19-16(3,4)17-8-12-5-13(9-17)7-14(6-12)10-17;1-12(2)16(18)19-17(3,4)15-10-9-13-7-5-6-8-14(13)11-15;1-4-16(18-15(17)10(2)3)13-6-11-5-12(8-13)9-14(16)7-11;1-9(2)14(16)17-15(3)12-5-10-4-11(7-12)8-13(15)6-10;1-4-14(16-13(15)12(2)3)10-8-6-5-7-9-11-14;1-10(2)12(14)15-13(3,4)11-8-6-5-7-9-11;1-4-12(8-6-5-7-9-12)14-11(13)10(2)3;1-4-9-6-5-7-10(9)13-11(12)8(2)3;1-6(2)7(9)10-8(3,4)5/h12-14H,1,5-10H2,2-4H3;5-11H,1H2,2-4H3;11-14H,2,4-9H2,1,3H3;10-13H,1,4-8H2,2-3H3;2,4-11H2,1,3H3;5-9H,1H2,2-4H3;2,4-9H2,1,3H3;9-10H,2,4-7H2,1,3H3;1H2,2-5H3. The first-order valence-corrected chi connectivity index (χ1v) is 53.4. The lowest BCUT2D eigenvalue weighted by Gasteiger charge is -2.61. The summed E-state index contributed by atoms with van der Waals surface area (Å²) in [5.74, 6) is 6.98. The van der Waals surface area contributed by atoms with Crippen LogP contribution in [0, 0.1) is 76.4 Å². The van der Waals surface area contributed by atoms with E-state index < -0.39 is 16.8 Å². The van der Waals surface area contributed by atoms with Crippen molar-refractivity contribution >= 4 is 64.5 Å². The van der Waals surface area contributed by atoms with Gasteiger partial charge in [-0.2, -0.15) is 0 Å².